The molecular weight excluding hydrogens is 232 g/mol. The number of carboxylic acids is 1. The first-order chi connectivity index (χ1) is 8.53. The average molecular weight is 250 g/mol. The van der Waals surface area contributed by atoms with Crippen molar-refractivity contribution >= 4 is 11.9 Å². The summed E-state index contributed by atoms with van der Waals surface area (Å²) in [5.41, 5.74) is -0.197. The molecule has 0 aromatic carbocycles. The Balaban J connectivity index is 2.14. The number of aromatic nitrogens is 1. The predicted molar refractivity (Wildman–Crippen MR) is 66.3 cm³/mol. The quantitative estimate of drug-likeness (QED) is 0.764. The maximum absolute atomic E-state index is 12.0. The number of carbonyl (C=O) groups is 2. The largest absolute Gasteiger partial charge is 0.481 e. The van der Waals surface area contributed by atoms with Gasteiger partial charge in [-0.15, -0.1) is 0 Å². The van der Waals surface area contributed by atoms with Gasteiger partial charge in [-0.1, -0.05) is 12.8 Å². The van der Waals surface area contributed by atoms with E-state index in [2.05, 4.69) is 10.3 Å². The molecule has 5 heteroatoms. The molecular formula is C13H18N2O3. The van der Waals surface area contributed by atoms with Crippen molar-refractivity contribution in [2.75, 3.05) is 0 Å². The van der Waals surface area contributed by atoms with Crippen LogP contribution in [0.15, 0.2) is 18.3 Å². The summed E-state index contributed by atoms with van der Waals surface area (Å²) >= 11 is 0. The molecule has 2 unspecified atom stereocenters. The highest BCUT2D eigenvalue weighted by Crippen LogP contribution is 2.34. The third-order valence-electron chi connectivity index (χ3n) is 3.75. The average Bonchev–Trinajstić information content (AvgIpc) is 2.81. The Morgan fingerprint density at radius 1 is 1.50 bits per heavy atom. The number of aromatic amines is 1. The van der Waals surface area contributed by atoms with Crippen LogP contribution in [-0.4, -0.2) is 27.5 Å². The van der Waals surface area contributed by atoms with E-state index in [4.69, 9.17) is 0 Å². The number of rotatable bonds is 3. The van der Waals surface area contributed by atoms with Crippen molar-refractivity contribution in [2.45, 2.75) is 38.1 Å². The van der Waals surface area contributed by atoms with E-state index in [0.717, 1.165) is 12.8 Å². The zero-order valence-corrected chi connectivity index (χ0v) is 10.4. The SMILES string of the molecule is CC1(NC(=O)c2ccc[nH]2)CCCCC1C(=O)O. The molecule has 0 bridgehead atoms. The molecule has 1 aromatic rings. The molecule has 0 aliphatic heterocycles. The summed E-state index contributed by atoms with van der Waals surface area (Å²) in [5.74, 6) is -1.58. The lowest BCUT2D eigenvalue weighted by Crippen LogP contribution is -2.55. The fourth-order valence-electron chi connectivity index (χ4n) is 2.68. The van der Waals surface area contributed by atoms with Gasteiger partial charge >= 0.3 is 5.97 Å². The van der Waals surface area contributed by atoms with Crippen LogP contribution in [0.5, 0.6) is 0 Å². The van der Waals surface area contributed by atoms with E-state index in [1.54, 1.807) is 18.3 Å². The van der Waals surface area contributed by atoms with Crippen LogP contribution < -0.4 is 5.32 Å². The Kier molecular flexibility index (Phi) is 3.41. The van der Waals surface area contributed by atoms with E-state index < -0.39 is 17.4 Å². The zero-order valence-electron chi connectivity index (χ0n) is 10.4. The summed E-state index contributed by atoms with van der Waals surface area (Å²) in [6.07, 6.45) is 4.86. The molecule has 1 heterocycles. The van der Waals surface area contributed by atoms with Gasteiger partial charge in [0.2, 0.25) is 0 Å². The molecule has 1 saturated carbocycles. The van der Waals surface area contributed by atoms with Crippen LogP contribution in [0.4, 0.5) is 0 Å². The van der Waals surface area contributed by atoms with Crippen LogP contribution in [-0.2, 0) is 4.79 Å². The molecule has 1 amide bonds. The monoisotopic (exact) mass is 250 g/mol. The highest BCUT2D eigenvalue weighted by atomic mass is 16.4. The van der Waals surface area contributed by atoms with Gasteiger partial charge in [0.15, 0.2) is 0 Å². The van der Waals surface area contributed by atoms with Gasteiger partial charge in [-0.05, 0) is 31.9 Å². The minimum atomic E-state index is -0.830. The third-order valence-corrected chi connectivity index (χ3v) is 3.75. The molecule has 2 rings (SSSR count). The fraction of sp³-hybridized carbons (Fsp3) is 0.538. The van der Waals surface area contributed by atoms with Crippen LogP contribution in [0.25, 0.3) is 0 Å². The van der Waals surface area contributed by atoms with E-state index >= 15 is 0 Å². The van der Waals surface area contributed by atoms with Crippen molar-refractivity contribution in [3.8, 4) is 0 Å². The van der Waals surface area contributed by atoms with Gasteiger partial charge in [-0.3, -0.25) is 9.59 Å². The first-order valence-electron chi connectivity index (χ1n) is 6.22. The number of hydrogen-bond acceptors (Lipinski definition) is 2. The van der Waals surface area contributed by atoms with Crippen molar-refractivity contribution in [1.29, 1.82) is 0 Å². The molecule has 1 aliphatic rings. The maximum atomic E-state index is 12.0. The molecule has 5 nitrogen and oxygen atoms in total. The van der Waals surface area contributed by atoms with Crippen LogP contribution in [0.3, 0.4) is 0 Å². The van der Waals surface area contributed by atoms with E-state index in [-0.39, 0.29) is 5.91 Å². The van der Waals surface area contributed by atoms with E-state index in [9.17, 15) is 14.7 Å². The number of carbonyl (C=O) groups excluding carboxylic acids is 1. The van der Waals surface area contributed by atoms with Gasteiger partial charge in [0, 0.05) is 6.20 Å². The predicted octanol–water partition coefficient (Wildman–Crippen LogP) is 1.78. The van der Waals surface area contributed by atoms with Gasteiger partial charge in [-0.25, -0.2) is 0 Å². The number of amides is 1. The summed E-state index contributed by atoms with van der Waals surface area (Å²) in [5, 5.41) is 12.1. The number of nitrogens with one attached hydrogen (secondary N) is 2. The summed E-state index contributed by atoms with van der Waals surface area (Å²) in [4.78, 5) is 26.1. The lowest BCUT2D eigenvalue weighted by Gasteiger charge is -2.39. The lowest BCUT2D eigenvalue weighted by atomic mass is 9.74. The van der Waals surface area contributed by atoms with Crippen LogP contribution in [0, 0.1) is 5.92 Å². The van der Waals surface area contributed by atoms with Crippen molar-refractivity contribution in [3.05, 3.63) is 24.0 Å². The summed E-state index contributed by atoms with van der Waals surface area (Å²) < 4.78 is 0. The smallest absolute Gasteiger partial charge is 0.308 e. The molecule has 98 valence electrons. The third kappa shape index (κ3) is 2.39. The van der Waals surface area contributed by atoms with E-state index in [1.807, 2.05) is 6.92 Å². The van der Waals surface area contributed by atoms with Gasteiger partial charge in [0.05, 0.1) is 11.5 Å². The van der Waals surface area contributed by atoms with Gasteiger partial charge in [0.25, 0.3) is 5.91 Å². The Hall–Kier alpha value is -1.78. The van der Waals surface area contributed by atoms with Crippen LogP contribution in [0.1, 0.15) is 43.1 Å². The van der Waals surface area contributed by atoms with Crippen molar-refractivity contribution < 1.29 is 14.7 Å². The number of hydrogen-bond donors (Lipinski definition) is 3. The first-order valence-corrected chi connectivity index (χ1v) is 6.22. The normalized spacial score (nSPS) is 27.7. The minimum Gasteiger partial charge on any atom is -0.481 e. The highest BCUT2D eigenvalue weighted by Gasteiger charge is 2.42. The molecule has 3 N–H and O–H groups in total. The van der Waals surface area contributed by atoms with Crippen molar-refractivity contribution in [1.82, 2.24) is 10.3 Å². The second-order valence-corrected chi connectivity index (χ2v) is 5.09. The van der Waals surface area contributed by atoms with E-state index in [0.29, 0.717) is 18.5 Å². The molecule has 18 heavy (non-hydrogen) atoms. The van der Waals surface area contributed by atoms with Crippen LogP contribution in [0.2, 0.25) is 0 Å². The number of carboxylic acid groups (broad SMARTS) is 1. The Bertz CT molecular complexity index is 441. The van der Waals surface area contributed by atoms with Crippen LogP contribution >= 0.6 is 0 Å². The Morgan fingerprint density at radius 2 is 2.28 bits per heavy atom. The second-order valence-electron chi connectivity index (χ2n) is 5.09. The Morgan fingerprint density at radius 3 is 2.89 bits per heavy atom. The zero-order chi connectivity index (χ0) is 13.2. The fourth-order valence-corrected chi connectivity index (χ4v) is 2.68. The van der Waals surface area contributed by atoms with Gasteiger partial charge < -0.3 is 15.4 Å². The Labute approximate surface area is 106 Å². The van der Waals surface area contributed by atoms with Crippen molar-refractivity contribution in [2.24, 2.45) is 5.92 Å². The molecule has 1 fully saturated rings. The summed E-state index contributed by atoms with van der Waals surface area (Å²) in [6, 6.07) is 3.42. The molecule has 2 atom stereocenters. The minimum absolute atomic E-state index is 0.240. The second kappa shape index (κ2) is 4.84. The molecule has 1 aromatic heterocycles. The molecule has 0 saturated heterocycles. The molecule has 1 aliphatic carbocycles. The van der Waals surface area contributed by atoms with Crippen molar-refractivity contribution in [3.63, 3.8) is 0 Å². The standard InChI is InChI=1S/C13H18N2O3/c1-13(7-3-2-5-9(13)12(17)18)15-11(16)10-6-4-8-14-10/h4,6,8-9,14H,2-3,5,7H2,1H3,(H,15,16)(H,17,18). The first kappa shape index (κ1) is 12.7. The molecule has 0 spiro atoms. The summed E-state index contributed by atoms with van der Waals surface area (Å²) in [6.45, 7) is 1.83. The molecule has 0 radical (unpaired) electrons. The maximum Gasteiger partial charge on any atom is 0.308 e. The number of H-pyrrole nitrogens is 1. The number of aliphatic carboxylic acids is 1. The topological polar surface area (TPSA) is 82.2 Å². The lowest BCUT2D eigenvalue weighted by molar-refractivity contribution is -0.145. The van der Waals surface area contributed by atoms with E-state index in [1.165, 1.54) is 0 Å². The van der Waals surface area contributed by atoms with Gasteiger partial charge in [0.1, 0.15) is 5.69 Å². The highest BCUT2D eigenvalue weighted by molar-refractivity contribution is 5.93. The van der Waals surface area contributed by atoms with Gasteiger partial charge in [-0.2, -0.15) is 0 Å². The summed E-state index contributed by atoms with van der Waals surface area (Å²) in [7, 11) is 0.